The van der Waals surface area contributed by atoms with Crippen molar-refractivity contribution in [2.75, 3.05) is 13.3 Å². The lowest BCUT2D eigenvalue weighted by Crippen LogP contribution is -2.05. The zero-order valence-electron chi connectivity index (χ0n) is 12.2. The predicted molar refractivity (Wildman–Crippen MR) is 83.1 cm³/mol. The fourth-order valence-electron chi connectivity index (χ4n) is 1.98. The molecule has 21 heavy (non-hydrogen) atoms. The standard InChI is InChI=1S/C16H19NO3S/c1-17-11-13-4-3-5-14(10-13)12-20-15-6-8-16(9-7-15)21(2,18)19/h3-10,17H,11-12H2,1-2H3. The minimum absolute atomic E-state index is 0.297. The highest BCUT2D eigenvalue weighted by Gasteiger charge is 2.06. The smallest absolute Gasteiger partial charge is 0.175 e. The van der Waals surface area contributed by atoms with Crippen LogP contribution in [-0.2, 0) is 23.0 Å². The first-order chi connectivity index (χ1) is 9.99. The molecule has 2 rings (SSSR count). The van der Waals surface area contributed by atoms with E-state index < -0.39 is 9.84 Å². The molecule has 5 heteroatoms. The first kappa shape index (κ1) is 15.5. The second kappa shape index (κ2) is 6.74. The van der Waals surface area contributed by atoms with Gasteiger partial charge < -0.3 is 10.1 Å². The number of benzene rings is 2. The van der Waals surface area contributed by atoms with Crippen LogP contribution in [0.25, 0.3) is 0 Å². The molecule has 0 radical (unpaired) electrons. The fraction of sp³-hybridized carbons (Fsp3) is 0.250. The molecule has 0 amide bonds. The normalized spacial score (nSPS) is 11.3. The van der Waals surface area contributed by atoms with Crippen LogP contribution in [0.5, 0.6) is 5.75 Å². The van der Waals surface area contributed by atoms with Crippen LogP contribution in [0.3, 0.4) is 0 Å². The second-order valence-corrected chi connectivity index (χ2v) is 6.90. The van der Waals surface area contributed by atoms with Gasteiger partial charge in [0, 0.05) is 12.8 Å². The molecule has 112 valence electrons. The fourth-order valence-corrected chi connectivity index (χ4v) is 2.61. The van der Waals surface area contributed by atoms with Crippen LogP contribution in [0, 0.1) is 0 Å². The van der Waals surface area contributed by atoms with Crippen molar-refractivity contribution in [1.82, 2.24) is 5.32 Å². The molecule has 2 aromatic rings. The third kappa shape index (κ3) is 4.58. The van der Waals surface area contributed by atoms with Gasteiger partial charge in [-0.05, 0) is 42.4 Å². The summed E-state index contributed by atoms with van der Waals surface area (Å²) in [6.07, 6.45) is 1.19. The van der Waals surface area contributed by atoms with Crippen molar-refractivity contribution in [3.05, 3.63) is 59.7 Å². The Labute approximate surface area is 125 Å². The van der Waals surface area contributed by atoms with Crippen LogP contribution in [0.1, 0.15) is 11.1 Å². The maximum absolute atomic E-state index is 11.4. The minimum atomic E-state index is -3.16. The Kier molecular flexibility index (Phi) is 4.98. The van der Waals surface area contributed by atoms with Gasteiger partial charge in [0.25, 0.3) is 0 Å². The van der Waals surface area contributed by atoms with E-state index >= 15 is 0 Å². The van der Waals surface area contributed by atoms with Crippen molar-refractivity contribution in [3.8, 4) is 5.75 Å². The van der Waals surface area contributed by atoms with E-state index in [1.807, 2.05) is 19.2 Å². The van der Waals surface area contributed by atoms with Gasteiger partial charge in [0.2, 0.25) is 0 Å². The van der Waals surface area contributed by atoms with Crippen molar-refractivity contribution in [2.24, 2.45) is 0 Å². The van der Waals surface area contributed by atoms with Crippen LogP contribution in [0.15, 0.2) is 53.4 Å². The van der Waals surface area contributed by atoms with Crippen LogP contribution in [0.4, 0.5) is 0 Å². The maximum Gasteiger partial charge on any atom is 0.175 e. The van der Waals surface area contributed by atoms with E-state index in [1.54, 1.807) is 24.3 Å². The summed E-state index contributed by atoms with van der Waals surface area (Å²) in [7, 11) is -1.25. The highest BCUT2D eigenvalue weighted by Crippen LogP contribution is 2.17. The van der Waals surface area contributed by atoms with E-state index in [4.69, 9.17) is 4.74 Å². The monoisotopic (exact) mass is 305 g/mol. The molecule has 0 aliphatic rings. The summed E-state index contributed by atoms with van der Waals surface area (Å²) in [4.78, 5) is 0.297. The van der Waals surface area contributed by atoms with Crippen molar-refractivity contribution in [2.45, 2.75) is 18.0 Å². The highest BCUT2D eigenvalue weighted by atomic mass is 32.2. The lowest BCUT2D eigenvalue weighted by Gasteiger charge is -2.08. The number of ether oxygens (including phenoxy) is 1. The van der Waals surface area contributed by atoms with E-state index in [0.29, 0.717) is 17.3 Å². The van der Waals surface area contributed by atoms with E-state index in [9.17, 15) is 8.42 Å². The molecule has 0 atom stereocenters. The molecule has 0 aliphatic heterocycles. The Morgan fingerprint density at radius 1 is 1.05 bits per heavy atom. The SMILES string of the molecule is CNCc1cccc(COc2ccc(S(C)(=O)=O)cc2)c1. The minimum Gasteiger partial charge on any atom is -0.489 e. The van der Waals surface area contributed by atoms with Crippen molar-refractivity contribution in [1.29, 1.82) is 0 Å². The topological polar surface area (TPSA) is 55.4 Å². The molecule has 0 saturated carbocycles. The number of hydrogen-bond donors (Lipinski definition) is 1. The lowest BCUT2D eigenvalue weighted by atomic mass is 10.1. The third-order valence-electron chi connectivity index (χ3n) is 3.03. The van der Waals surface area contributed by atoms with Crippen molar-refractivity contribution < 1.29 is 13.2 Å². The highest BCUT2D eigenvalue weighted by molar-refractivity contribution is 7.90. The summed E-state index contributed by atoms with van der Waals surface area (Å²) in [5.41, 5.74) is 2.28. The molecular formula is C16H19NO3S. The Bertz CT molecular complexity index is 694. The maximum atomic E-state index is 11.4. The van der Waals surface area contributed by atoms with Gasteiger partial charge in [0.15, 0.2) is 9.84 Å². The van der Waals surface area contributed by atoms with Gasteiger partial charge in [0.05, 0.1) is 4.90 Å². The van der Waals surface area contributed by atoms with Gasteiger partial charge >= 0.3 is 0 Å². The number of sulfone groups is 1. The van der Waals surface area contributed by atoms with Gasteiger partial charge in [-0.25, -0.2) is 8.42 Å². The zero-order chi connectivity index (χ0) is 15.3. The zero-order valence-corrected chi connectivity index (χ0v) is 13.0. The van der Waals surface area contributed by atoms with Gasteiger partial charge in [-0.3, -0.25) is 0 Å². The van der Waals surface area contributed by atoms with Crippen LogP contribution >= 0.6 is 0 Å². The average Bonchev–Trinajstić information content (AvgIpc) is 2.45. The second-order valence-electron chi connectivity index (χ2n) is 4.88. The summed E-state index contributed by atoms with van der Waals surface area (Å²) in [6.45, 7) is 1.27. The molecule has 1 N–H and O–H groups in total. The number of nitrogens with one attached hydrogen (secondary N) is 1. The first-order valence-electron chi connectivity index (χ1n) is 6.64. The number of rotatable bonds is 6. The Balaban J connectivity index is 2.01. The summed E-state index contributed by atoms with van der Waals surface area (Å²) in [5.74, 6) is 0.654. The van der Waals surface area contributed by atoms with Crippen molar-refractivity contribution >= 4 is 9.84 Å². The van der Waals surface area contributed by atoms with Crippen molar-refractivity contribution in [3.63, 3.8) is 0 Å². The molecule has 0 aromatic heterocycles. The molecule has 0 saturated heterocycles. The Morgan fingerprint density at radius 2 is 1.71 bits per heavy atom. The van der Waals surface area contributed by atoms with Crippen LogP contribution in [0.2, 0.25) is 0 Å². The summed E-state index contributed by atoms with van der Waals surface area (Å²) < 4.78 is 28.4. The first-order valence-corrected chi connectivity index (χ1v) is 8.53. The lowest BCUT2D eigenvalue weighted by molar-refractivity contribution is 0.306. The largest absolute Gasteiger partial charge is 0.489 e. The van der Waals surface area contributed by atoms with Gasteiger partial charge in [-0.1, -0.05) is 24.3 Å². The van der Waals surface area contributed by atoms with E-state index in [-0.39, 0.29) is 0 Å². The molecular weight excluding hydrogens is 286 g/mol. The number of hydrogen-bond acceptors (Lipinski definition) is 4. The van der Waals surface area contributed by atoms with Gasteiger partial charge in [-0.2, -0.15) is 0 Å². The predicted octanol–water partition coefficient (Wildman–Crippen LogP) is 2.39. The quantitative estimate of drug-likeness (QED) is 0.890. The van der Waals surface area contributed by atoms with Crippen LogP contribution in [-0.4, -0.2) is 21.7 Å². The van der Waals surface area contributed by atoms with Crippen LogP contribution < -0.4 is 10.1 Å². The van der Waals surface area contributed by atoms with Gasteiger partial charge in [0.1, 0.15) is 12.4 Å². The molecule has 2 aromatic carbocycles. The summed E-state index contributed by atoms with van der Waals surface area (Å²) in [6, 6.07) is 14.6. The molecule has 4 nitrogen and oxygen atoms in total. The van der Waals surface area contributed by atoms with Gasteiger partial charge in [-0.15, -0.1) is 0 Å². The molecule has 0 bridgehead atoms. The average molecular weight is 305 g/mol. The Hall–Kier alpha value is -1.85. The summed E-state index contributed by atoms with van der Waals surface area (Å²) >= 11 is 0. The molecule has 0 aliphatic carbocycles. The third-order valence-corrected chi connectivity index (χ3v) is 4.16. The molecule has 0 fully saturated rings. The molecule has 0 unspecified atom stereocenters. The summed E-state index contributed by atoms with van der Waals surface area (Å²) in [5, 5.41) is 3.11. The van der Waals surface area contributed by atoms with E-state index in [0.717, 1.165) is 12.1 Å². The van der Waals surface area contributed by atoms with E-state index in [1.165, 1.54) is 11.8 Å². The Morgan fingerprint density at radius 3 is 2.33 bits per heavy atom. The molecule has 0 heterocycles. The van der Waals surface area contributed by atoms with E-state index in [2.05, 4.69) is 17.4 Å². The molecule has 0 spiro atoms.